The summed E-state index contributed by atoms with van der Waals surface area (Å²) in [6.07, 6.45) is 0. The SMILES string of the molecule is Cc1ccc(C(C)C)c(OCC(=O)N(c2ccccc2)S(=O)(=O)c2ccccc2)c1. The summed E-state index contributed by atoms with van der Waals surface area (Å²) in [5.74, 6) is 0.124. The average molecular weight is 424 g/mol. The highest BCUT2D eigenvalue weighted by Gasteiger charge is 2.31. The number of hydrogen-bond acceptors (Lipinski definition) is 4. The number of amides is 1. The number of sulfonamides is 1. The molecule has 0 heterocycles. The highest BCUT2D eigenvalue weighted by Crippen LogP contribution is 2.28. The fourth-order valence-corrected chi connectivity index (χ4v) is 4.55. The molecule has 0 atom stereocenters. The molecule has 0 aliphatic heterocycles. The Balaban J connectivity index is 1.94. The number of para-hydroxylation sites is 1. The highest BCUT2D eigenvalue weighted by atomic mass is 32.2. The number of carbonyl (C=O) groups is 1. The zero-order chi connectivity index (χ0) is 21.7. The van der Waals surface area contributed by atoms with E-state index in [1.165, 1.54) is 12.1 Å². The van der Waals surface area contributed by atoms with Crippen LogP contribution in [0.4, 0.5) is 5.69 Å². The highest BCUT2D eigenvalue weighted by molar-refractivity contribution is 7.93. The van der Waals surface area contributed by atoms with Gasteiger partial charge in [0.15, 0.2) is 6.61 Å². The van der Waals surface area contributed by atoms with Gasteiger partial charge in [-0.3, -0.25) is 4.79 Å². The maximum Gasteiger partial charge on any atom is 0.278 e. The number of ether oxygens (including phenoxy) is 1. The molecule has 3 rings (SSSR count). The molecule has 30 heavy (non-hydrogen) atoms. The van der Waals surface area contributed by atoms with Gasteiger partial charge in [0.05, 0.1) is 10.6 Å². The van der Waals surface area contributed by atoms with Crippen molar-refractivity contribution in [3.8, 4) is 5.75 Å². The number of benzene rings is 3. The first-order chi connectivity index (χ1) is 14.3. The summed E-state index contributed by atoms with van der Waals surface area (Å²) in [7, 11) is -4.09. The predicted molar refractivity (Wildman–Crippen MR) is 118 cm³/mol. The molecule has 6 heteroatoms. The van der Waals surface area contributed by atoms with Crippen LogP contribution >= 0.6 is 0 Å². The molecular formula is C24H25NO4S. The van der Waals surface area contributed by atoms with E-state index in [1.807, 2.05) is 39.0 Å². The number of nitrogens with zero attached hydrogens (tertiary/aromatic N) is 1. The maximum atomic E-state index is 13.3. The minimum atomic E-state index is -4.09. The molecule has 156 valence electrons. The second-order valence-corrected chi connectivity index (χ2v) is 9.08. The van der Waals surface area contributed by atoms with Crippen molar-refractivity contribution in [3.63, 3.8) is 0 Å². The van der Waals surface area contributed by atoms with Crippen molar-refractivity contribution in [2.45, 2.75) is 31.6 Å². The Morgan fingerprint density at radius 3 is 2.13 bits per heavy atom. The van der Waals surface area contributed by atoms with Crippen molar-refractivity contribution in [2.75, 3.05) is 10.9 Å². The third-order valence-corrected chi connectivity index (χ3v) is 6.40. The van der Waals surface area contributed by atoms with E-state index in [4.69, 9.17) is 4.74 Å². The van der Waals surface area contributed by atoms with Gasteiger partial charge in [-0.2, -0.15) is 4.31 Å². The van der Waals surface area contributed by atoms with Crippen molar-refractivity contribution in [1.82, 2.24) is 0 Å². The average Bonchev–Trinajstić information content (AvgIpc) is 2.73. The maximum absolute atomic E-state index is 13.3. The van der Waals surface area contributed by atoms with Gasteiger partial charge >= 0.3 is 0 Å². The van der Waals surface area contributed by atoms with Gasteiger partial charge in [-0.25, -0.2) is 8.42 Å². The molecule has 0 aliphatic rings. The Bertz CT molecular complexity index is 1110. The summed E-state index contributed by atoms with van der Waals surface area (Å²) in [4.78, 5) is 13.2. The molecule has 0 saturated heterocycles. The molecule has 0 N–H and O–H groups in total. The molecule has 0 bridgehead atoms. The zero-order valence-corrected chi connectivity index (χ0v) is 18.1. The van der Waals surface area contributed by atoms with E-state index in [1.54, 1.807) is 48.5 Å². The predicted octanol–water partition coefficient (Wildman–Crippen LogP) is 4.92. The lowest BCUT2D eigenvalue weighted by Gasteiger charge is -2.23. The van der Waals surface area contributed by atoms with Crippen LogP contribution in [0.15, 0.2) is 83.8 Å². The Kier molecular flexibility index (Phi) is 6.57. The Morgan fingerprint density at radius 1 is 0.933 bits per heavy atom. The quantitative estimate of drug-likeness (QED) is 0.541. The van der Waals surface area contributed by atoms with E-state index >= 15 is 0 Å². The summed E-state index contributed by atoms with van der Waals surface area (Å²) >= 11 is 0. The molecule has 1 amide bonds. The third kappa shape index (κ3) is 4.71. The Morgan fingerprint density at radius 2 is 1.53 bits per heavy atom. The van der Waals surface area contributed by atoms with E-state index in [2.05, 4.69) is 0 Å². The van der Waals surface area contributed by atoms with Crippen molar-refractivity contribution in [1.29, 1.82) is 0 Å². The second kappa shape index (κ2) is 9.13. The van der Waals surface area contributed by atoms with Gasteiger partial charge in [0.1, 0.15) is 5.75 Å². The summed E-state index contributed by atoms with van der Waals surface area (Å²) in [5.41, 5.74) is 2.23. The van der Waals surface area contributed by atoms with Crippen molar-refractivity contribution >= 4 is 21.6 Å². The van der Waals surface area contributed by atoms with Crippen LogP contribution in [0.25, 0.3) is 0 Å². The van der Waals surface area contributed by atoms with Crippen LogP contribution in [0.3, 0.4) is 0 Å². The molecule has 0 aliphatic carbocycles. The summed E-state index contributed by atoms with van der Waals surface area (Å²) in [6.45, 7) is 5.62. The minimum Gasteiger partial charge on any atom is -0.483 e. The Labute approximate surface area is 178 Å². The lowest BCUT2D eigenvalue weighted by Crippen LogP contribution is -2.40. The largest absolute Gasteiger partial charge is 0.483 e. The molecule has 0 unspecified atom stereocenters. The van der Waals surface area contributed by atoms with Crippen molar-refractivity contribution < 1.29 is 17.9 Å². The molecule has 0 fully saturated rings. The van der Waals surface area contributed by atoms with Gasteiger partial charge in [-0.15, -0.1) is 0 Å². The summed E-state index contributed by atoms with van der Waals surface area (Å²) < 4.78 is 33.2. The van der Waals surface area contributed by atoms with Gasteiger partial charge in [0.2, 0.25) is 0 Å². The second-order valence-electron chi connectivity index (χ2n) is 7.30. The lowest BCUT2D eigenvalue weighted by atomic mass is 10.0. The van der Waals surface area contributed by atoms with E-state index < -0.39 is 22.5 Å². The van der Waals surface area contributed by atoms with Crippen molar-refractivity contribution in [3.05, 3.63) is 90.0 Å². The van der Waals surface area contributed by atoms with E-state index in [0.29, 0.717) is 5.75 Å². The van der Waals surface area contributed by atoms with E-state index in [-0.39, 0.29) is 16.5 Å². The fraction of sp³-hybridized carbons (Fsp3) is 0.208. The van der Waals surface area contributed by atoms with Gasteiger partial charge in [-0.1, -0.05) is 62.4 Å². The number of aryl methyl sites for hydroxylation is 1. The monoisotopic (exact) mass is 423 g/mol. The van der Waals surface area contributed by atoms with Gasteiger partial charge in [0, 0.05) is 0 Å². The Hall–Kier alpha value is -3.12. The normalized spacial score (nSPS) is 11.3. The van der Waals surface area contributed by atoms with Crippen LogP contribution < -0.4 is 9.04 Å². The molecule has 5 nitrogen and oxygen atoms in total. The molecule has 0 saturated carbocycles. The van der Waals surface area contributed by atoms with Gasteiger partial charge < -0.3 is 4.74 Å². The smallest absolute Gasteiger partial charge is 0.278 e. The summed E-state index contributed by atoms with van der Waals surface area (Å²) in [5, 5.41) is 0. The number of hydrogen-bond donors (Lipinski definition) is 0. The van der Waals surface area contributed by atoms with Crippen LogP contribution in [0, 0.1) is 6.92 Å². The lowest BCUT2D eigenvalue weighted by molar-refractivity contribution is -0.119. The van der Waals surface area contributed by atoms with Crippen LogP contribution in [-0.4, -0.2) is 20.9 Å². The van der Waals surface area contributed by atoms with Crippen LogP contribution in [-0.2, 0) is 14.8 Å². The van der Waals surface area contributed by atoms with Crippen LogP contribution in [0.5, 0.6) is 5.75 Å². The standard InChI is InChI=1S/C24H25NO4S/c1-18(2)22-15-14-19(3)16-23(22)29-17-24(26)25(20-10-6-4-7-11-20)30(27,28)21-12-8-5-9-13-21/h4-16,18H,17H2,1-3H3. The first kappa shape index (κ1) is 21.6. The van der Waals surface area contributed by atoms with E-state index in [0.717, 1.165) is 15.4 Å². The fourth-order valence-electron chi connectivity index (χ4n) is 3.12. The first-order valence-electron chi connectivity index (χ1n) is 9.72. The van der Waals surface area contributed by atoms with Crippen LogP contribution in [0.1, 0.15) is 30.9 Å². The van der Waals surface area contributed by atoms with Crippen LogP contribution in [0.2, 0.25) is 0 Å². The number of anilines is 1. The molecule has 3 aromatic rings. The summed E-state index contributed by atoms with van der Waals surface area (Å²) in [6, 6.07) is 22.0. The van der Waals surface area contributed by atoms with Gasteiger partial charge in [-0.05, 0) is 54.3 Å². The van der Waals surface area contributed by atoms with Gasteiger partial charge in [0.25, 0.3) is 15.9 Å². The third-order valence-electron chi connectivity index (χ3n) is 4.64. The molecule has 0 aromatic heterocycles. The molecular weight excluding hydrogens is 398 g/mol. The van der Waals surface area contributed by atoms with E-state index in [9.17, 15) is 13.2 Å². The first-order valence-corrected chi connectivity index (χ1v) is 11.2. The molecule has 0 radical (unpaired) electrons. The number of rotatable bonds is 7. The minimum absolute atomic E-state index is 0.0422. The number of carbonyl (C=O) groups excluding carboxylic acids is 1. The zero-order valence-electron chi connectivity index (χ0n) is 17.3. The molecule has 3 aromatic carbocycles. The van der Waals surface area contributed by atoms with Crippen molar-refractivity contribution in [2.24, 2.45) is 0 Å². The molecule has 0 spiro atoms. The topological polar surface area (TPSA) is 63.7 Å².